The van der Waals surface area contributed by atoms with Crippen LogP contribution in [0.25, 0.3) is 0 Å². The SMILES string of the molecule is C=C=C(C#CCC(O)CCC)C(O)CCC. The van der Waals surface area contributed by atoms with Gasteiger partial charge in [-0.3, -0.25) is 0 Å². The fourth-order valence-electron chi connectivity index (χ4n) is 1.36. The van der Waals surface area contributed by atoms with Crippen molar-refractivity contribution >= 4 is 0 Å². The zero-order valence-corrected chi connectivity index (χ0v) is 10.3. The van der Waals surface area contributed by atoms with Gasteiger partial charge in [-0.15, -0.1) is 5.73 Å². The van der Waals surface area contributed by atoms with Gasteiger partial charge in [-0.05, 0) is 12.8 Å². The molecule has 90 valence electrons. The Kier molecular flexibility index (Phi) is 8.66. The van der Waals surface area contributed by atoms with Crippen LogP contribution in [0.4, 0.5) is 0 Å². The van der Waals surface area contributed by atoms with Crippen LogP contribution in [0.3, 0.4) is 0 Å². The van der Waals surface area contributed by atoms with Gasteiger partial charge in [0.05, 0.1) is 17.8 Å². The summed E-state index contributed by atoms with van der Waals surface area (Å²) in [6.07, 6.45) is 2.78. The van der Waals surface area contributed by atoms with Crippen LogP contribution in [-0.2, 0) is 0 Å². The Labute approximate surface area is 98.7 Å². The van der Waals surface area contributed by atoms with Gasteiger partial charge in [0.25, 0.3) is 0 Å². The van der Waals surface area contributed by atoms with Crippen molar-refractivity contribution in [3.63, 3.8) is 0 Å². The lowest BCUT2D eigenvalue weighted by molar-refractivity contribution is 0.169. The maximum Gasteiger partial charge on any atom is 0.0940 e. The van der Waals surface area contributed by atoms with Crippen molar-refractivity contribution in [2.24, 2.45) is 0 Å². The van der Waals surface area contributed by atoms with E-state index in [9.17, 15) is 10.2 Å². The van der Waals surface area contributed by atoms with Crippen molar-refractivity contribution in [2.75, 3.05) is 0 Å². The van der Waals surface area contributed by atoms with Crippen LogP contribution in [0.1, 0.15) is 46.0 Å². The first-order chi connectivity index (χ1) is 7.65. The van der Waals surface area contributed by atoms with E-state index in [0.717, 1.165) is 19.3 Å². The van der Waals surface area contributed by atoms with Crippen LogP contribution in [0.2, 0.25) is 0 Å². The summed E-state index contributed by atoms with van der Waals surface area (Å²) >= 11 is 0. The maximum atomic E-state index is 9.67. The normalized spacial score (nSPS) is 13.2. The molecule has 2 nitrogen and oxygen atoms in total. The first kappa shape index (κ1) is 15.0. The quantitative estimate of drug-likeness (QED) is 0.535. The maximum absolute atomic E-state index is 9.67. The number of aliphatic hydroxyl groups excluding tert-OH is 2. The lowest BCUT2D eigenvalue weighted by Gasteiger charge is -2.06. The molecule has 0 bridgehead atoms. The Bertz CT molecular complexity index is 290. The molecular weight excluding hydrogens is 200 g/mol. The molecule has 0 aromatic heterocycles. The summed E-state index contributed by atoms with van der Waals surface area (Å²) < 4.78 is 0. The summed E-state index contributed by atoms with van der Waals surface area (Å²) in [5.41, 5.74) is 3.19. The Balaban J connectivity index is 4.23. The van der Waals surface area contributed by atoms with Crippen LogP contribution < -0.4 is 0 Å². The molecule has 2 unspecified atom stereocenters. The lowest BCUT2D eigenvalue weighted by Crippen LogP contribution is -2.08. The zero-order chi connectivity index (χ0) is 12.4. The number of rotatable bonds is 6. The molecule has 2 atom stereocenters. The van der Waals surface area contributed by atoms with Crippen LogP contribution >= 0.6 is 0 Å². The lowest BCUT2D eigenvalue weighted by atomic mass is 10.1. The van der Waals surface area contributed by atoms with Gasteiger partial charge < -0.3 is 10.2 Å². The third-order valence-electron chi connectivity index (χ3n) is 2.27. The van der Waals surface area contributed by atoms with Gasteiger partial charge >= 0.3 is 0 Å². The van der Waals surface area contributed by atoms with Crippen LogP contribution in [0.15, 0.2) is 17.9 Å². The summed E-state index contributed by atoms with van der Waals surface area (Å²) in [4.78, 5) is 0. The summed E-state index contributed by atoms with van der Waals surface area (Å²) in [5, 5.41) is 19.1. The average Bonchev–Trinajstić information content (AvgIpc) is 2.25. The van der Waals surface area contributed by atoms with Gasteiger partial charge in [-0.25, -0.2) is 0 Å². The van der Waals surface area contributed by atoms with E-state index in [1.165, 1.54) is 0 Å². The van der Waals surface area contributed by atoms with Crippen molar-refractivity contribution in [3.8, 4) is 11.8 Å². The van der Waals surface area contributed by atoms with Gasteiger partial charge in [0.15, 0.2) is 0 Å². The highest BCUT2D eigenvalue weighted by atomic mass is 16.3. The van der Waals surface area contributed by atoms with E-state index in [4.69, 9.17) is 0 Å². The summed E-state index contributed by atoms with van der Waals surface area (Å²) in [5.74, 6) is 5.69. The molecule has 0 heterocycles. The minimum Gasteiger partial charge on any atom is -0.392 e. The van der Waals surface area contributed by atoms with Crippen molar-refractivity contribution in [3.05, 3.63) is 17.9 Å². The monoisotopic (exact) mass is 222 g/mol. The summed E-state index contributed by atoms with van der Waals surface area (Å²) in [6, 6.07) is 0. The molecule has 0 aliphatic carbocycles. The third-order valence-corrected chi connectivity index (χ3v) is 2.27. The summed E-state index contributed by atoms with van der Waals surface area (Å²) in [7, 11) is 0. The number of aliphatic hydroxyl groups is 2. The Hall–Kier alpha value is -1.00. The number of hydrogen-bond acceptors (Lipinski definition) is 2. The second-order valence-corrected chi connectivity index (χ2v) is 3.84. The molecule has 0 saturated heterocycles. The molecule has 0 aliphatic heterocycles. The molecule has 0 fully saturated rings. The molecule has 0 aromatic carbocycles. The molecule has 2 heteroatoms. The molecule has 0 aliphatic rings. The standard InChI is InChI=1S/C14H22O2/c1-4-8-13(15)11-7-10-12(6-3)14(16)9-5-2/h13-16H,3-5,8-9,11H2,1-2H3. The van der Waals surface area contributed by atoms with Crippen LogP contribution in [0.5, 0.6) is 0 Å². The van der Waals surface area contributed by atoms with Gasteiger partial charge in [0.1, 0.15) is 0 Å². The van der Waals surface area contributed by atoms with E-state index in [-0.39, 0.29) is 6.10 Å². The van der Waals surface area contributed by atoms with Crippen molar-refractivity contribution in [1.82, 2.24) is 0 Å². The van der Waals surface area contributed by atoms with E-state index in [1.807, 2.05) is 13.8 Å². The molecule has 2 N–H and O–H groups in total. The second kappa shape index (κ2) is 9.24. The molecule has 16 heavy (non-hydrogen) atoms. The van der Waals surface area contributed by atoms with E-state index >= 15 is 0 Å². The molecule has 0 amide bonds. The van der Waals surface area contributed by atoms with Crippen LogP contribution in [0, 0.1) is 11.8 Å². The van der Waals surface area contributed by atoms with Crippen molar-refractivity contribution in [2.45, 2.75) is 58.2 Å². The van der Waals surface area contributed by atoms with Gasteiger partial charge in [-0.1, -0.05) is 45.1 Å². The Morgan fingerprint density at radius 3 is 2.31 bits per heavy atom. The second-order valence-electron chi connectivity index (χ2n) is 3.84. The van der Waals surface area contributed by atoms with E-state index < -0.39 is 6.10 Å². The highest BCUT2D eigenvalue weighted by molar-refractivity contribution is 5.30. The first-order valence-corrected chi connectivity index (χ1v) is 5.90. The highest BCUT2D eigenvalue weighted by Crippen LogP contribution is 2.06. The highest BCUT2D eigenvalue weighted by Gasteiger charge is 2.06. The predicted octanol–water partition coefficient (Wildman–Crippen LogP) is 2.41. The van der Waals surface area contributed by atoms with E-state index in [1.54, 1.807) is 0 Å². The smallest absolute Gasteiger partial charge is 0.0940 e. The molecule has 0 rings (SSSR count). The van der Waals surface area contributed by atoms with Gasteiger partial charge in [0.2, 0.25) is 0 Å². The van der Waals surface area contributed by atoms with Crippen LogP contribution in [-0.4, -0.2) is 22.4 Å². The zero-order valence-electron chi connectivity index (χ0n) is 10.3. The predicted molar refractivity (Wildman–Crippen MR) is 66.9 cm³/mol. The fourth-order valence-corrected chi connectivity index (χ4v) is 1.36. The Morgan fingerprint density at radius 1 is 1.19 bits per heavy atom. The van der Waals surface area contributed by atoms with E-state index in [2.05, 4.69) is 24.2 Å². The van der Waals surface area contributed by atoms with Gasteiger partial charge in [0, 0.05) is 6.42 Å². The minimum absolute atomic E-state index is 0.369. The first-order valence-electron chi connectivity index (χ1n) is 5.90. The Morgan fingerprint density at radius 2 is 1.81 bits per heavy atom. The van der Waals surface area contributed by atoms with Crippen molar-refractivity contribution < 1.29 is 10.2 Å². The average molecular weight is 222 g/mol. The molecule has 0 saturated carbocycles. The fraction of sp³-hybridized carbons (Fsp3) is 0.643. The van der Waals surface area contributed by atoms with E-state index in [0.29, 0.717) is 18.4 Å². The third kappa shape index (κ3) is 6.48. The van der Waals surface area contributed by atoms with Gasteiger partial charge in [-0.2, -0.15) is 0 Å². The minimum atomic E-state index is -0.571. The molecular formula is C14H22O2. The topological polar surface area (TPSA) is 40.5 Å². The molecule has 0 radical (unpaired) electrons. The number of hydrogen-bond donors (Lipinski definition) is 2. The largest absolute Gasteiger partial charge is 0.392 e. The molecule has 0 aromatic rings. The molecule has 0 spiro atoms. The van der Waals surface area contributed by atoms with Crippen molar-refractivity contribution in [1.29, 1.82) is 0 Å². The summed E-state index contributed by atoms with van der Waals surface area (Å²) in [6.45, 7) is 7.54.